The van der Waals surface area contributed by atoms with Crippen LogP contribution in [-0.4, -0.2) is 22.0 Å². The van der Waals surface area contributed by atoms with Gasteiger partial charge in [-0.25, -0.2) is 0 Å². The van der Waals surface area contributed by atoms with Crippen molar-refractivity contribution in [1.29, 1.82) is 0 Å². The van der Waals surface area contributed by atoms with Gasteiger partial charge in [0, 0.05) is 12.6 Å². The Balaban J connectivity index is 2.90. The van der Waals surface area contributed by atoms with Crippen molar-refractivity contribution in [3.8, 4) is 0 Å². The molecule has 92 valence electrons. The van der Waals surface area contributed by atoms with Gasteiger partial charge in [-0.2, -0.15) is 0 Å². The van der Waals surface area contributed by atoms with E-state index in [-0.39, 0.29) is 22.8 Å². The Kier molecular flexibility index (Phi) is 4.42. The number of carboxylic acid groups (broad SMARTS) is 1. The molecule has 0 amide bonds. The number of nitrogens with zero attached hydrogens (tertiary/aromatic N) is 1. The number of benzene rings is 1. The zero-order chi connectivity index (χ0) is 13.0. The van der Waals surface area contributed by atoms with Gasteiger partial charge >= 0.3 is 5.97 Å². The first-order valence-corrected chi connectivity index (χ1v) is 5.19. The quantitative estimate of drug-likeness (QED) is 0.621. The summed E-state index contributed by atoms with van der Waals surface area (Å²) in [6.07, 6.45) is 0. The third-order valence-electron chi connectivity index (χ3n) is 2.25. The minimum Gasteiger partial charge on any atom is -0.480 e. The highest BCUT2D eigenvalue weighted by Crippen LogP contribution is 2.25. The zero-order valence-corrected chi connectivity index (χ0v) is 9.77. The molecule has 0 bridgehead atoms. The molecule has 0 aromatic heterocycles. The minimum atomic E-state index is -1.03. The summed E-state index contributed by atoms with van der Waals surface area (Å²) >= 11 is 5.84. The molecule has 1 aromatic carbocycles. The predicted octanol–water partition coefficient (Wildman–Crippen LogP) is 1.81. The summed E-state index contributed by atoms with van der Waals surface area (Å²) in [4.78, 5) is 20.8. The second kappa shape index (κ2) is 5.60. The number of rotatable bonds is 5. The van der Waals surface area contributed by atoms with E-state index in [0.717, 1.165) is 0 Å². The summed E-state index contributed by atoms with van der Waals surface area (Å²) in [5.74, 6) is -1.03. The van der Waals surface area contributed by atoms with Crippen molar-refractivity contribution < 1.29 is 14.8 Å². The molecule has 0 aliphatic carbocycles. The Morgan fingerprint density at radius 1 is 1.65 bits per heavy atom. The molecule has 0 saturated heterocycles. The van der Waals surface area contributed by atoms with E-state index in [0.29, 0.717) is 0 Å². The molecule has 1 rings (SSSR count). The number of nitro benzene ring substituents is 1. The lowest BCUT2D eigenvalue weighted by molar-refractivity contribution is -0.385. The number of hydrogen-bond donors (Lipinski definition) is 2. The number of nitrogens with one attached hydrogen (secondary N) is 1. The van der Waals surface area contributed by atoms with Crippen LogP contribution in [0.15, 0.2) is 18.2 Å². The van der Waals surface area contributed by atoms with Gasteiger partial charge in [0.05, 0.1) is 15.5 Å². The average molecular weight is 259 g/mol. The normalized spacial score (nSPS) is 12.1. The minimum absolute atomic E-state index is 0.0312. The van der Waals surface area contributed by atoms with Crippen molar-refractivity contribution in [3.63, 3.8) is 0 Å². The first-order valence-electron chi connectivity index (χ1n) is 4.81. The molecule has 17 heavy (non-hydrogen) atoms. The monoisotopic (exact) mass is 258 g/mol. The number of hydrogen-bond acceptors (Lipinski definition) is 4. The molecule has 1 atom stereocenters. The van der Waals surface area contributed by atoms with Crippen LogP contribution in [0, 0.1) is 10.1 Å². The van der Waals surface area contributed by atoms with Crippen molar-refractivity contribution in [1.82, 2.24) is 5.32 Å². The van der Waals surface area contributed by atoms with E-state index in [2.05, 4.69) is 5.32 Å². The fourth-order valence-electron chi connectivity index (χ4n) is 1.24. The number of carboxylic acids is 1. The molecule has 0 fully saturated rings. The topological polar surface area (TPSA) is 92.5 Å². The van der Waals surface area contributed by atoms with Crippen LogP contribution in [0.4, 0.5) is 5.69 Å². The summed E-state index contributed by atoms with van der Waals surface area (Å²) in [6, 6.07) is 3.53. The Labute approximate surface area is 102 Å². The number of nitro groups is 1. The number of carbonyl (C=O) groups is 1. The predicted molar refractivity (Wildman–Crippen MR) is 62.0 cm³/mol. The lowest BCUT2D eigenvalue weighted by Crippen LogP contribution is -2.33. The Hall–Kier alpha value is -1.66. The van der Waals surface area contributed by atoms with Crippen LogP contribution in [0.5, 0.6) is 0 Å². The Morgan fingerprint density at radius 3 is 2.82 bits per heavy atom. The molecule has 0 aliphatic rings. The van der Waals surface area contributed by atoms with Crippen molar-refractivity contribution in [2.45, 2.75) is 19.5 Å². The standard InChI is InChI=1S/C10H11ClN2O4/c1-6(10(14)15)12-5-7-8(11)3-2-4-9(7)13(16)17/h2-4,6,12H,5H2,1H3,(H,14,15)/t6-/m1/s1. The van der Waals surface area contributed by atoms with E-state index in [1.54, 1.807) is 0 Å². The van der Waals surface area contributed by atoms with E-state index in [1.807, 2.05) is 0 Å². The lowest BCUT2D eigenvalue weighted by atomic mass is 10.1. The van der Waals surface area contributed by atoms with Crippen molar-refractivity contribution in [2.24, 2.45) is 0 Å². The average Bonchev–Trinajstić information content (AvgIpc) is 2.26. The largest absolute Gasteiger partial charge is 0.480 e. The maximum Gasteiger partial charge on any atom is 0.320 e. The van der Waals surface area contributed by atoms with Crippen LogP contribution in [0.2, 0.25) is 5.02 Å². The third-order valence-corrected chi connectivity index (χ3v) is 2.60. The van der Waals surface area contributed by atoms with Gasteiger partial charge in [-0.15, -0.1) is 0 Å². The highest BCUT2D eigenvalue weighted by molar-refractivity contribution is 6.31. The molecule has 1 aromatic rings. The van der Waals surface area contributed by atoms with Crippen LogP contribution in [0.1, 0.15) is 12.5 Å². The van der Waals surface area contributed by atoms with Crippen LogP contribution in [-0.2, 0) is 11.3 Å². The second-order valence-electron chi connectivity index (χ2n) is 3.44. The summed E-state index contributed by atoms with van der Waals surface area (Å²) in [5, 5.41) is 22.3. The maximum absolute atomic E-state index is 10.8. The highest BCUT2D eigenvalue weighted by Gasteiger charge is 2.18. The second-order valence-corrected chi connectivity index (χ2v) is 3.84. The van der Waals surface area contributed by atoms with Gasteiger partial charge in [0.15, 0.2) is 0 Å². The van der Waals surface area contributed by atoms with Gasteiger partial charge in [0.1, 0.15) is 6.04 Å². The Morgan fingerprint density at radius 2 is 2.29 bits per heavy atom. The zero-order valence-electron chi connectivity index (χ0n) is 9.01. The first kappa shape index (κ1) is 13.4. The molecule has 0 spiro atoms. The molecule has 2 N–H and O–H groups in total. The van der Waals surface area contributed by atoms with Crippen LogP contribution < -0.4 is 5.32 Å². The molecule has 6 nitrogen and oxygen atoms in total. The SMILES string of the molecule is C[C@@H](NCc1c(Cl)cccc1[N+](=O)[O-])C(=O)O. The summed E-state index contributed by atoms with van der Waals surface area (Å²) in [5.41, 5.74) is 0.162. The molecule has 7 heteroatoms. The van der Waals surface area contributed by atoms with Crippen molar-refractivity contribution in [2.75, 3.05) is 0 Å². The van der Waals surface area contributed by atoms with Gasteiger partial charge in [0.25, 0.3) is 5.69 Å². The van der Waals surface area contributed by atoms with E-state index in [4.69, 9.17) is 16.7 Å². The van der Waals surface area contributed by atoms with E-state index in [9.17, 15) is 14.9 Å². The van der Waals surface area contributed by atoms with E-state index in [1.165, 1.54) is 25.1 Å². The van der Waals surface area contributed by atoms with Crippen molar-refractivity contribution >= 4 is 23.3 Å². The summed E-state index contributed by atoms with van der Waals surface area (Å²) in [6.45, 7) is 1.48. The van der Waals surface area contributed by atoms with Gasteiger partial charge in [-0.1, -0.05) is 17.7 Å². The Bertz CT molecular complexity index is 450. The molecule has 0 radical (unpaired) electrons. The summed E-state index contributed by atoms with van der Waals surface area (Å²) in [7, 11) is 0. The fourth-order valence-corrected chi connectivity index (χ4v) is 1.47. The van der Waals surface area contributed by atoms with Gasteiger partial charge < -0.3 is 10.4 Å². The first-order chi connectivity index (χ1) is 7.93. The van der Waals surface area contributed by atoms with E-state index < -0.39 is 16.9 Å². The smallest absolute Gasteiger partial charge is 0.320 e. The van der Waals surface area contributed by atoms with Crippen LogP contribution in [0.25, 0.3) is 0 Å². The molecule has 0 unspecified atom stereocenters. The van der Waals surface area contributed by atoms with E-state index >= 15 is 0 Å². The fraction of sp³-hybridized carbons (Fsp3) is 0.300. The number of aliphatic carboxylic acids is 1. The van der Waals surface area contributed by atoms with Crippen molar-refractivity contribution in [3.05, 3.63) is 38.9 Å². The van der Waals surface area contributed by atoms with Gasteiger partial charge in [0.2, 0.25) is 0 Å². The molecular formula is C10H11ClN2O4. The third kappa shape index (κ3) is 3.40. The van der Waals surface area contributed by atoms with Crippen LogP contribution in [0.3, 0.4) is 0 Å². The maximum atomic E-state index is 10.8. The number of halogens is 1. The molecule has 0 aliphatic heterocycles. The molecule has 0 saturated carbocycles. The summed E-state index contributed by atoms with van der Waals surface area (Å²) < 4.78 is 0. The highest BCUT2D eigenvalue weighted by atomic mass is 35.5. The molecular weight excluding hydrogens is 248 g/mol. The van der Waals surface area contributed by atoms with Gasteiger partial charge in [-0.3, -0.25) is 14.9 Å². The molecule has 0 heterocycles. The van der Waals surface area contributed by atoms with Crippen LogP contribution >= 0.6 is 11.6 Å². The van der Waals surface area contributed by atoms with Gasteiger partial charge in [-0.05, 0) is 13.0 Å². The lowest BCUT2D eigenvalue weighted by Gasteiger charge is -2.10.